The SMILES string of the molecule is CCCCCCCN(CC(=O)NC(N)=O)CC(=O)NC(N)=O. The number of carbonyl (C=O) groups is 4. The lowest BCUT2D eigenvalue weighted by molar-refractivity contribution is -0.123. The molecule has 0 aromatic carbocycles. The molecule has 6 N–H and O–H groups in total. The Morgan fingerprint density at radius 2 is 1.27 bits per heavy atom. The van der Waals surface area contributed by atoms with E-state index in [0.29, 0.717) is 6.54 Å². The van der Waals surface area contributed by atoms with E-state index in [0.717, 1.165) is 32.1 Å². The van der Waals surface area contributed by atoms with Gasteiger partial charge in [-0.15, -0.1) is 0 Å². The minimum atomic E-state index is -0.950. The number of carbonyl (C=O) groups excluding carboxylic acids is 4. The Kier molecular flexibility index (Phi) is 10.4. The highest BCUT2D eigenvalue weighted by molar-refractivity contribution is 5.96. The molecule has 22 heavy (non-hydrogen) atoms. The van der Waals surface area contributed by atoms with Crippen molar-refractivity contribution >= 4 is 23.9 Å². The second-order valence-electron chi connectivity index (χ2n) is 4.95. The molecule has 0 rings (SSSR count). The normalized spacial score (nSPS) is 10.3. The van der Waals surface area contributed by atoms with Gasteiger partial charge in [0.05, 0.1) is 13.1 Å². The summed E-state index contributed by atoms with van der Waals surface area (Å²) < 4.78 is 0. The van der Waals surface area contributed by atoms with E-state index in [1.165, 1.54) is 4.90 Å². The average Bonchev–Trinajstić information content (AvgIpc) is 2.36. The third-order valence-electron chi connectivity index (χ3n) is 2.84. The highest BCUT2D eigenvalue weighted by atomic mass is 16.2. The van der Waals surface area contributed by atoms with E-state index >= 15 is 0 Å². The third-order valence-corrected chi connectivity index (χ3v) is 2.84. The lowest BCUT2D eigenvalue weighted by Gasteiger charge is -2.20. The zero-order valence-corrected chi connectivity index (χ0v) is 12.9. The summed E-state index contributed by atoms with van der Waals surface area (Å²) in [6.45, 7) is 2.27. The van der Waals surface area contributed by atoms with Crippen molar-refractivity contribution < 1.29 is 19.2 Å². The standard InChI is InChI=1S/C13H25N5O4/c1-2-3-4-5-6-7-18(8-10(19)16-12(14)21)9-11(20)17-13(15)22/h2-9H2,1H3,(H3,14,16,19,21)(H3,15,17,20,22). The molecule has 0 bridgehead atoms. The number of rotatable bonds is 10. The molecule has 0 spiro atoms. The van der Waals surface area contributed by atoms with E-state index in [9.17, 15) is 19.2 Å². The van der Waals surface area contributed by atoms with Crippen molar-refractivity contribution in [2.45, 2.75) is 39.0 Å². The monoisotopic (exact) mass is 315 g/mol. The van der Waals surface area contributed by atoms with Gasteiger partial charge in [0.15, 0.2) is 0 Å². The van der Waals surface area contributed by atoms with Gasteiger partial charge in [-0.3, -0.25) is 25.1 Å². The molecule has 0 fully saturated rings. The second-order valence-corrected chi connectivity index (χ2v) is 4.95. The summed E-state index contributed by atoms with van der Waals surface area (Å²) >= 11 is 0. The number of nitrogens with one attached hydrogen (secondary N) is 2. The fourth-order valence-corrected chi connectivity index (χ4v) is 1.91. The first-order valence-corrected chi connectivity index (χ1v) is 7.26. The molecule has 0 saturated carbocycles. The van der Waals surface area contributed by atoms with E-state index in [4.69, 9.17) is 11.5 Å². The van der Waals surface area contributed by atoms with Crippen LogP contribution in [0.3, 0.4) is 0 Å². The van der Waals surface area contributed by atoms with Gasteiger partial charge >= 0.3 is 12.1 Å². The topological polar surface area (TPSA) is 148 Å². The molecule has 0 aliphatic heterocycles. The quantitative estimate of drug-likeness (QED) is 0.407. The van der Waals surface area contributed by atoms with Crippen LogP contribution in [0.15, 0.2) is 0 Å². The minimum Gasteiger partial charge on any atom is -0.351 e. The van der Waals surface area contributed by atoms with E-state index < -0.39 is 23.9 Å². The van der Waals surface area contributed by atoms with Crippen LogP contribution in [0.25, 0.3) is 0 Å². The fraction of sp³-hybridized carbons (Fsp3) is 0.692. The fourth-order valence-electron chi connectivity index (χ4n) is 1.91. The van der Waals surface area contributed by atoms with Crippen LogP contribution in [0.1, 0.15) is 39.0 Å². The number of nitrogens with zero attached hydrogens (tertiary/aromatic N) is 1. The van der Waals surface area contributed by atoms with Gasteiger partial charge in [0.1, 0.15) is 0 Å². The first kappa shape index (κ1) is 19.8. The predicted molar refractivity (Wildman–Crippen MR) is 80.7 cm³/mol. The van der Waals surface area contributed by atoms with Gasteiger partial charge in [0.2, 0.25) is 11.8 Å². The van der Waals surface area contributed by atoms with Crippen LogP contribution in [0, 0.1) is 0 Å². The van der Waals surface area contributed by atoms with Gasteiger partial charge in [-0.1, -0.05) is 32.6 Å². The number of imide groups is 2. The molecule has 9 heteroatoms. The van der Waals surface area contributed by atoms with Gasteiger partial charge in [-0.2, -0.15) is 0 Å². The summed E-state index contributed by atoms with van der Waals surface area (Å²) in [6.07, 6.45) is 5.09. The Morgan fingerprint density at radius 3 is 1.68 bits per heavy atom. The van der Waals surface area contributed by atoms with Gasteiger partial charge in [0, 0.05) is 0 Å². The largest absolute Gasteiger partial charge is 0.351 e. The van der Waals surface area contributed by atoms with Crippen molar-refractivity contribution in [1.29, 1.82) is 0 Å². The Bertz CT molecular complexity index is 370. The van der Waals surface area contributed by atoms with Crippen LogP contribution >= 0.6 is 0 Å². The Balaban J connectivity index is 4.35. The molecule has 126 valence electrons. The third kappa shape index (κ3) is 11.6. The highest BCUT2D eigenvalue weighted by Gasteiger charge is 2.16. The number of primary amides is 2. The summed E-state index contributed by atoms with van der Waals surface area (Å²) in [5.41, 5.74) is 9.72. The number of unbranched alkanes of at least 4 members (excludes halogenated alkanes) is 4. The van der Waals surface area contributed by atoms with E-state index in [-0.39, 0.29) is 13.1 Å². The van der Waals surface area contributed by atoms with Gasteiger partial charge in [-0.05, 0) is 13.0 Å². The van der Waals surface area contributed by atoms with Crippen molar-refractivity contribution in [3.63, 3.8) is 0 Å². The summed E-state index contributed by atoms with van der Waals surface area (Å²) in [6, 6.07) is -1.90. The molecule has 0 unspecified atom stereocenters. The lowest BCUT2D eigenvalue weighted by atomic mass is 10.1. The molecule has 6 amide bonds. The molecule has 0 heterocycles. The molecule has 0 aromatic heterocycles. The molecular weight excluding hydrogens is 290 g/mol. The smallest absolute Gasteiger partial charge is 0.318 e. The van der Waals surface area contributed by atoms with Crippen LogP contribution in [-0.2, 0) is 9.59 Å². The van der Waals surface area contributed by atoms with Crippen LogP contribution in [-0.4, -0.2) is 48.4 Å². The lowest BCUT2D eigenvalue weighted by Crippen LogP contribution is -2.47. The van der Waals surface area contributed by atoms with Gasteiger partial charge < -0.3 is 11.5 Å². The number of hydrogen-bond acceptors (Lipinski definition) is 5. The molecule has 9 nitrogen and oxygen atoms in total. The van der Waals surface area contributed by atoms with Crippen LogP contribution in [0.2, 0.25) is 0 Å². The maximum absolute atomic E-state index is 11.5. The first-order valence-electron chi connectivity index (χ1n) is 7.26. The predicted octanol–water partition coefficient (Wildman–Crippen LogP) is -0.351. The number of nitrogens with two attached hydrogens (primary N) is 2. The Hall–Kier alpha value is -2.16. The summed E-state index contributed by atoms with van der Waals surface area (Å²) in [4.78, 5) is 45.8. The molecule has 0 radical (unpaired) electrons. The van der Waals surface area contributed by atoms with E-state index in [1.807, 2.05) is 10.6 Å². The maximum atomic E-state index is 11.5. The van der Waals surface area contributed by atoms with Crippen molar-refractivity contribution in [3.8, 4) is 0 Å². The number of hydrogen-bond donors (Lipinski definition) is 4. The zero-order chi connectivity index (χ0) is 17.0. The van der Waals surface area contributed by atoms with Crippen molar-refractivity contribution in [1.82, 2.24) is 15.5 Å². The summed E-state index contributed by atoms with van der Waals surface area (Å²) in [5, 5.41) is 3.87. The molecular formula is C13H25N5O4. The molecule has 0 aliphatic carbocycles. The van der Waals surface area contributed by atoms with Crippen molar-refractivity contribution in [3.05, 3.63) is 0 Å². The van der Waals surface area contributed by atoms with E-state index in [2.05, 4.69) is 6.92 Å². The number of amides is 6. The van der Waals surface area contributed by atoms with Crippen molar-refractivity contribution in [2.75, 3.05) is 19.6 Å². The van der Waals surface area contributed by atoms with Gasteiger partial charge in [-0.25, -0.2) is 9.59 Å². The van der Waals surface area contributed by atoms with E-state index in [1.54, 1.807) is 0 Å². The van der Waals surface area contributed by atoms with Crippen LogP contribution in [0.4, 0.5) is 9.59 Å². The van der Waals surface area contributed by atoms with Crippen LogP contribution < -0.4 is 22.1 Å². The van der Waals surface area contributed by atoms with Crippen molar-refractivity contribution in [2.24, 2.45) is 11.5 Å². The zero-order valence-electron chi connectivity index (χ0n) is 12.9. The minimum absolute atomic E-state index is 0.164. The average molecular weight is 315 g/mol. The summed E-state index contributed by atoms with van der Waals surface area (Å²) in [5.74, 6) is -1.21. The maximum Gasteiger partial charge on any atom is 0.318 e. The van der Waals surface area contributed by atoms with Gasteiger partial charge in [0.25, 0.3) is 0 Å². The molecule has 0 aliphatic rings. The highest BCUT2D eigenvalue weighted by Crippen LogP contribution is 2.04. The Morgan fingerprint density at radius 1 is 0.818 bits per heavy atom. The summed E-state index contributed by atoms with van der Waals surface area (Å²) in [7, 11) is 0. The molecule has 0 aromatic rings. The molecule has 0 saturated heterocycles. The first-order chi connectivity index (χ1) is 10.3. The number of urea groups is 2. The van der Waals surface area contributed by atoms with Crippen LogP contribution in [0.5, 0.6) is 0 Å². The Labute approximate surface area is 129 Å². The molecule has 0 atom stereocenters. The second kappa shape index (κ2) is 11.5.